The standard InChI is InChI=1S/C16H15ClF2N2OS/c17-13-9-15(19)14(18)8-12(13)16(22)21-5-3-20(4-6-21)10-11-2-1-7-23-11/h1-2,7-9H,3-6,10H2. The lowest BCUT2D eigenvalue weighted by molar-refractivity contribution is 0.0629. The van der Waals surface area contributed by atoms with Gasteiger partial charge in [-0.2, -0.15) is 0 Å². The van der Waals surface area contributed by atoms with Crippen LogP contribution in [0.3, 0.4) is 0 Å². The fourth-order valence-electron chi connectivity index (χ4n) is 2.59. The predicted molar refractivity (Wildman–Crippen MR) is 86.9 cm³/mol. The molecule has 3 rings (SSSR count). The van der Waals surface area contributed by atoms with Crippen LogP contribution in [0.15, 0.2) is 29.6 Å². The Morgan fingerprint density at radius 2 is 1.87 bits per heavy atom. The Labute approximate surface area is 142 Å². The maximum atomic E-state index is 13.3. The van der Waals surface area contributed by atoms with E-state index in [1.54, 1.807) is 16.2 Å². The summed E-state index contributed by atoms with van der Waals surface area (Å²) in [4.78, 5) is 17.6. The van der Waals surface area contributed by atoms with Crippen LogP contribution >= 0.6 is 22.9 Å². The van der Waals surface area contributed by atoms with Crippen LogP contribution in [0, 0.1) is 11.6 Å². The van der Waals surface area contributed by atoms with Gasteiger partial charge < -0.3 is 4.90 Å². The molecule has 23 heavy (non-hydrogen) atoms. The van der Waals surface area contributed by atoms with Crippen molar-refractivity contribution in [2.75, 3.05) is 26.2 Å². The zero-order valence-electron chi connectivity index (χ0n) is 12.3. The van der Waals surface area contributed by atoms with Gasteiger partial charge in [-0.1, -0.05) is 17.7 Å². The molecule has 1 aromatic carbocycles. The van der Waals surface area contributed by atoms with Gasteiger partial charge in [-0.25, -0.2) is 8.78 Å². The van der Waals surface area contributed by atoms with Crippen LogP contribution in [0.2, 0.25) is 5.02 Å². The highest BCUT2D eigenvalue weighted by Crippen LogP contribution is 2.22. The summed E-state index contributed by atoms with van der Waals surface area (Å²) in [6.45, 7) is 3.43. The summed E-state index contributed by atoms with van der Waals surface area (Å²) >= 11 is 7.58. The summed E-state index contributed by atoms with van der Waals surface area (Å²) in [7, 11) is 0. The molecule has 1 amide bonds. The molecule has 1 aliphatic heterocycles. The maximum absolute atomic E-state index is 13.3. The van der Waals surface area contributed by atoms with Gasteiger partial charge in [0.2, 0.25) is 0 Å². The topological polar surface area (TPSA) is 23.6 Å². The molecule has 122 valence electrons. The lowest BCUT2D eigenvalue weighted by Gasteiger charge is -2.34. The molecule has 0 N–H and O–H groups in total. The van der Waals surface area contributed by atoms with Gasteiger partial charge in [0.15, 0.2) is 11.6 Å². The fourth-order valence-corrected chi connectivity index (χ4v) is 3.57. The largest absolute Gasteiger partial charge is 0.336 e. The van der Waals surface area contributed by atoms with E-state index in [2.05, 4.69) is 11.0 Å². The van der Waals surface area contributed by atoms with Crippen molar-refractivity contribution >= 4 is 28.8 Å². The first-order chi connectivity index (χ1) is 11.0. The smallest absolute Gasteiger partial charge is 0.255 e. The zero-order chi connectivity index (χ0) is 16.4. The van der Waals surface area contributed by atoms with Crippen molar-refractivity contribution in [3.05, 3.63) is 56.7 Å². The summed E-state index contributed by atoms with van der Waals surface area (Å²) in [5.74, 6) is -2.47. The average Bonchev–Trinajstić information content (AvgIpc) is 3.04. The maximum Gasteiger partial charge on any atom is 0.255 e. The zero-order valence-corrected chi connectivity index (χ0v) is 13.8. The molecule has 0 bridgehead atoms. The second-order valence-electron chi connectivity index (χ2n) is 5.39. The molecule has 0 spiro atoms. The molecule has 7 heteroatoms. The van der Waals surface area contributed by atoms with Crippen LogP contribution in [-0.4, -0.2) is 41.9 Å². The number of rotatable bonds is 3. The average molecular weight is 357 g/mol. The summed E-state index contributed by atoms with van der Waals surface area (Å²) in [5, 5.41) is 1.98. The third kappa shape index (κ3) is 3.71. The van der Waals surface area contributed by atoms with E-state index in [9.17, 15) is 13.6 Å². The summed E-state index contributed by atoms with van der Waals surface area (Å²) in [6, 6.07) is 5.82. The van der Waals surface area contributed by atoms with Crippen molar-refractivity contribution in [1.29, 1.82) is 0 Å². The number of piperazine rings is 1. The number of carbonyl (C=O) groups is 1. The monoisotopic (exact) mass is 356 g/mol. The molecule has 0 atom stereocenters. The molecule has 0 aliphatic carbocycles. The molecule has 1 aliphatic rings. The minimum absolute atomic E-state index is 0.0114. The van der Waals surface area contributed by atoms with E-state index in [-0.39, 0.29) is 16.5 Å². The van der Waals surface area contributed by atoms with E-state index in [0.717, 1.165) is 31.8 Å². The lowest BCUT2D eigenvalue weighted by Crippen LogP contribution is -2.48. The molecular weight excluding hydrogens is 342 g/mol. The highest BCUT2D eigenvalue weighted by molar-refractivity contribution is 7.09. The number of halogens is 3. The van der Waals surface area contributed by atoms with Crippen molar-refractivity contribution in [2.45, 2.75) is 6.54 Å². The normalized spacial score (nSPS) is 15.9. The molecule has 1 saturated heterocycles. The Morgan fingerprint density at radius 1 is 1.17 bits per heavy atom. The quantitative estimate of drug-likeness (QED) is 0.784. The number of thiophene rings is 1. The Morgan fingerprint density at radius 3 is 2.52 bits per heavy atom. The van der Waals surface area contributed by atoms with E-state index in [4.69, 9.17) is 11.6 Å². The second kappa shape index (κ2) is 6.95. The van der Waals surface area contributed by atoms with Gasteiger partial charge in [-0.3, -0.25) is 9.69 Å². The highest BCUT2D eigenvalue weighted by Gasteiger charge is 2.25. The molecule has 2 heterocycles. The van der Waals surface area contributed by atoms with E-state index >= 15 is 0 Å². The van der Waals surface area contributed by atoms with Crippen LogP contribution in [0.4, 0.5) is 8.78 Å². The van der Waals surface area contributed by atoms with Gasteiger partial charge in [-0.05, 0) is 23.6 Å². The summed E-state index contributed by atoms with van der Waals surface area (Å²) < 4.78 is 26.5. The van der Waals surface area contributed by atoms with Crippen LogP contribution < -0.4 is 0 Å². The number of amides is 1. The Balaban J connectivity index is 1.63. The first-order valence-corrected chi connectivity index (χ1v) is 8.49. The van der Waals surface area contributed by atoms with Crippen LogP contribution in [0.5, 0.6) is 0 Å². The number of nitrogens with zero attached hydrogens (tertiary/aromatic N) is 2. The van der Waals surface area contributed by atoms with Gasteiger partial charge in [0.05, 0.1) is 10.6 Å². The Bertz CT molecular complexity index is 700. The van der Waals surface area contributed by atoms with Crippen molar-refractivity contribution in [1.82, 2.24) is 9.80 Å². The lowest BCUT2D eigenvalue weighted by atomic mass is 10.1. The van der Waals surface area contributed by atoms with Crippen LogP contribution in [-0.2, 0) is 6.54 Å². The number of benzene rings is 1. The molecule has 1 fully saturated rings. The van der Waals surface area contributed by atoms with E-state index < -0.39 is 11.6 Å². The first kappa shape index (κ1) is 16.4. The Hall–Kier alpha value is -1.50. The highest BCUT2D eigenvalue weighted by atomic mass is 35.5. The Kier molecular flexibility index (Phi) is 4.94. The van der Waals surface area contributed by atoms with Crippen molar-refractivity contribution < 1.29 is 13.6 Å². The molecule has 0 unspecified atom stereocenters. The van der Waals surface area contributed by atoms with Crippen molar-refractivity contribution in [3.63, 3.8) is 0 Å². The number of hydrogen-bond donors (Lipinski definition) is 0. The number of carbonyl (C=O) groups excluding carboxylic acids is 1. The fraction of sp³-hybridized carbons (Fsp3) is 0.312. The predicted octanol–water partition coefficient (Wildman–Crippen LogP) is 3.64. The SMILES string of the molecule is O=C(c1cc(F)c(F)cc1Cl)N1CCN(Cc2cccs2)CC1. The van der Waals surface area contributed by atoms with Gasteiger partial charge in [-0.15, -0.1) is 11.3 Å². The molecular formula is C16H15ClF2N2OS. The minimum atomic E-state index is -1.06. The van der Waals surface area contributed by atoms with Gasteiger partial charge in [0.1, 0.15) is 0 Å². The molecule has 2 aromatic rings. The second-order valence-corrected chi connectivity index (χ2v) is 6.83. The molecule has 1 aromatic heterocycles. The summed E-state index contributed by atoms with van der Waals surface area (Å²) in [6.07, 6.45) is 0. The molecule has 0 saturated carbocycles. The third-order valence-electron chi connectivity index (χ3n) is 3.86. The van der Waals surface area contributed by atoms with E-state index in [1.165, 1.54) is 4.88 Å². The van der Waals surface area contributed by atoms with Gasteiger partial charge >= 0.3 is 0 Å². The number of hydrogen-bond acceptors (Lipinski definition) is 3. The van der Waals surface area contributed by atoms with Crippen LogP contribution in [0.25, 0.3) is 0 Å². The molecule has 0 radical (unpaired) electrons. The third-order valence-corrected chi connectivity index (χ3v) is 5.03. The van der Waals surface area contributed by atoms with E-state index in [1.807, 2.05) is 11.4 Å². The summed E-state index contributed by atoms with van der Waals surface area (Å²) in [5.41, 5.74) is 0.0114. The van der Waals surface area contributed by atoms with Crippen LogP contribution in [0.1, 0.15) is 15.2 Å². The van der Waals surface area contributed by atoms with Crippen molar-refractivity contribution in [3.8, 4) is 0 Å². The van der Waals surface area contributed by atoms with E-state index in [0.29, 0.717) is 13.1 Å². The van der Waals surface area contributed by atoms with Crippen molar-refractivity contribution in [2.24, 2.45) is 0 Å². The van der Waals surface area contributed by atoms with Gasteiger partial charge in [0.25, 0.3) is 5.91 Å². The minimum Gasteiger partial charge on any atom is -0.336 e. The first-order valence-electron chi connectivity index (χ1n) is 7.23. The van der Waals surface area contributed by atoms with Gasteiger partial charge in [0, 0.05) is 37.6 Å². The molecule has 3 nitrogen and oxygen atoms in total.